The third-order valence-corrected chi connectivity index (χ3v) is 5.20. The summed E-state index contributed by atoms with van der Waals surface area (Å²) >= 11 is 0. The summed E-state index contributed by atoms with van der Waals surface area (Å²) in [5, 5.41) is 0. The van der Waals surface area contributed by atoms with Gasteiger partial charge in [0.05, 0.1) is 6.04 Å². The molecule has 0 saturated carbocycles. The lowest BCUT2D eigenvalue weighted by Gasteiger charge is -2.40. The SMILES string of the molecule is CCN1CCN(C(=O)CC[C@@H]2CCOC2)C[C@@H]1c1nccn1C. The van der Waals surface area contributed by atoms with E-state index in [4.69, 9.17) is 4.74 Å². The Morgan fingerprint density at radius 1 is 1.43 bits per heavy atom. The Labute approximate surface area is 138 Å². The molecule has 3 rings (SSSR count). The zero-order valence-corrected chi connectivity index (χ0v) is 14.3. The van der Waals surface area contributed by atoms with E-state index in [1.165, 1.54) is 0 Å². The molecule has 23 heavy (non-hydrogen) atoms. The van der Waals surface area contributed by atoms with E-state index in [1.807, 2.05) is 24.3 Å². The third-order valence-electron chi connectivity index (χ3n) is 5.20. The summed E-state index contributed by atoms with van der Waals surface area (Å²) in [7, 11) is 2.02. The highest BCUT2D eigenvalue weighted by Crippen LogP contribution is 2.25. The summed E-state index contributed by atoms with van der Waals surface area (Å²) in [6.45, 7) is 7.34. The van der Waals surface area contributed by atoms with Crippen LogP contribution in [0, 0.1) is 5.92 Å². The summed E-state index contributed by atoms with van der Waals surface area (Å²) in [6, 6.07) is 0.201. The third kappa shape index (κ3) is 3.75. The molecule has 0 bridgehead atoms. The van der Waals surface area contributed by atoms with Crippen LogP contribution in [-0.4, -0.2) is 64.7 Å². The molecule has 2 aliphatic heterocycles. The summed E-state index contributed by atoms with van der Waals surface area (Å²) in [6.07, 6.45) is 6.52. The van der Waals surface area contributed by atoms with Gasteiger partial charge in [-0.05, 0) is 25.3 Å². The smallest absolute Gasteiger partial charge is 0.222 e. The number of aromatic nitrogens is 2. The number of nitrogens with zero attached hydrogens (tertiary/aromatic N) is 4. The van der Waals surface area contributed by atoms with Crippen molar-refractivity contribution in [1.29, 1.82) is 0 Å². The molecule has 2 fully saturated rings. The van der Waals surface area contributed by atoms with E-state index in [0.29, 0.717) is 12.3 Å². The Balaban J connectivity index is 1.60. The van der Waals surface area contributed by atoms with Crippen LogP contribution in [0.15, 0.2) is 12.4 Å². The number of ether oxygens (including phenoxy) is 1. The van der Waals surface area contributed by atoms with Crippen LogP contribution in [-0.2, 0) is 16.6 Å². The zero-order valence-electron chi connectivity index (χ0n) is 14.3. The first-order chi connectivity index (χ1) is 11.2. The Morgan fingerprint density at radius 3 is 2.96 bits per heavy atom. The number of likely N-dealkylation sites (N-methyl/N-ethyl adjacent to an activating group) is 1. The molecule has 0 unspecified atom stereocenters. The van der Waals surface area contributed by atoms with Crippen molar-refractivity contribution in [2.24, 2.45) is 13.0 Å². The zero-order chi connectivity index (χ0) is 16.2. The van der Waals surface area contributed by atoms with Crippen molar-refractivity contribution in [2.45, 2.75) is 32.2 Å². The second-order valence-corrected chi connectivity index (χ2v) is 6.65. The first-order valence-electron chi connectivity index (χ1n) is 8.75. The minimum Gasteiger partial charge on any atom is -0.381 e. The van der Waals surface area contributed by atoms with Gasteiger partial charge in [0.2, 0.25) is 5.91 Å². The maximum atomic E-state index is 12.6. The molecule has 2 aliphatic rings. The highest BCUT2D eigenvalue weighted by molar-refractivity contribution is 5.76. The summed E-state index contributed by atoms with van der Waals surface area (Å²) in [4.78, 5) is 21.5. The molecule has 1 aromatic rings. The monoisotopic (exact) mass is 320 g/mol. The molecule has 3 heterocycles. The number of amides is 1. The van der Waals surface area contributed by atoms with Gasteiger partial charge in [0.1, 0.15) is 5.82 Å². The molecule has 2 atom stereocenters. The first kappa shape index (κ1) is 16.5. The van der Waals surface area contributed by atoms with E-state index in [-0.39, 0.29) is 11.9 Å². The van der Waals surface area contributed by atoms with E-state index in [9.17, 15) is 4.79 Å². The molecule has 1 aromatic heterocycles. The predicted molar refractivity (Wildman–Crippen MR) is 87.9 cm³/mol. The molecule has 2 saturated heterocycles. The van der Waals surface area contributed by atoms with Gasteiger partial charge in [0.25, 0.3) is 0 Å². The highest BCUT2D eigenvalue weighted by Gasteiger charge is 2.32. The molecular formula is C17H28N4O2. The fourth-order valence-corrected chi connectivity index (χ4v) is 3.67. The number of hydrogen-bond donors (Lipinski definition) is 0. The van der Waals surface area contributed by atoms with Gasteiger partial charge in [-0.15, -0.1) is 0 Å². The maximum absolute atomic E-state index is 12.6. The van der Waals surface area contributed by atoms with Crippen LogP contribution in [0.5, 0.6) is 0 Å². The second-order valence-electron chi connectivity index (χ2n) is 6.65. The van der Waals surface area contributed by atoms with Crippen LogP contribution in [0.4, 0.5) is 0 Å². The molecule has 6 heteroatoms. The molecule has 0 aliphatic carbocycles. The Morgan fingerprint density at radius 2 is 2.30 bits per heavy atom. The highest BCUT2D eigenvalue weighted by atomic mass is 16.5. The Bertz CT molecular complexity index is 524. The van der Waals surface area contributed by atoms with Crippen molar-refractivity contribution < 1.29 is 9.53 Å². The van der Waals surface area contributed by atoms with Gasteiger partial charge < -0.3 is 14.2 Å². The van der Waals surface area contributed by atoms with E-state index >= 15 is 0 Å². The van der Waals surface area contributed by atoms with E-state index in [0.717, 1.165) is 58.1 Å². The first-order valence-corrected chi connectivity index (χ1v) is 8.75. The lowest BCUT2D eigenvalue weighted by molar-refractivity contribution is -0.134. The fraction of sp³-hybridized carbons (Fsp3) is 0.765. The molecule has 1 amide bonds. The number of carbonyl (C=O) groups is 1. The molecule has 0 spiro atoms. The van der Waals surface area contributed by atoms with Gasteiger partial charge in [-0.2, -0.15) is 0 Å². The number of rotatable bonds is 5. The average molecular weight is 320 g/mol. The van der Waals surface area contributed by atoms with E-state index in [1.54, 1.807) is 0 Å². The van der Waals surface area contributed by atoms with Crippen molar-refractivity contribution in [3.63, 3.8) is 0 Å². The van der Waals surface area contributed by atoms with E-state index in [2.05, 4.69) is 21.4 Å². The largest absolute Gasteiger partial charge is 0.381 e. The Hall–Kier alpha value is -1.40. The normalized spacial score (nSPS) is 25.9. The molecule has 6 nitrogen and oxygen atoms in total. The van der Waals surface area contributed by atoms with Gasteiger partial charge in [0, 0.05) is 58.7 Å². The molecule has 0 N–H and O–H groups in total. The van der Waals surface area contributed by atoms with Crippen molar-refractivity contribution in [2.75, 3.05) is 39.4 Å². The Kier molecular flexibility index (Phi) is 5.33. The topological polar surface area (TPSA) is 50.6 Å². The minimum absolute atomic E-state index is 0.201. The summed E-state index contributed by atoms with van der Waals surface area (Å²) in [5.74, 6) is 1.90. The molecular weight excluding hydrogens is 292 g/mol. The van der Waals surface area contributed by atoms with Gasteiger partial charge in [0.15, 0.2) is 0 Å². The summed E-state index contributed by atoms with van der Waals surface area (Å²) < 4.78 is 7.47. The molecule has 0 aromatic carbocycles. The number of aryl methyl sites for hydroxylation is 1. The minimum atomic E-state index is 0.201. The second kappa shape index (κ2) is 7.45. The van der Waals surface area contributed by atoms with Gasteiger partial charge in [-0.25, -0.2) is 4.98 Å². The number of carbonyl (C=O) groups excluding carboxylic acids is 1. The van der Waals surface area contributed by atoms with Crippen LogP contribution in [0.1, 0.15) is 38.1 Å². The molecule has 0 radical (unpaired) electrons. The standard InChI is InChI=1S/C17H28N4O2/c1-3-20-9-10-21(12-15(20)17-18-7-8-19(17)2)16(22)5-4-14-6-11-23-13-14/h7-8,14-15H,3-6,9-13H2,1-2H3/t14-,15-/m1/s1. The predicted octanol–water partition coefficient (Wildman–Crippen LogP) is 1.44. The van der Waals surface area contributed by atoms with Crippen LogP contribution < -0.4 is 0 Å². The number of hydrogen-bond acceptors (Lipinski definition) is 4. The van der Waals surface area contributed by atoms with Crippen molar-refractivity contribution in [1.82, 2.24) is 19.4 Å². The van der Waals surface area contributed by atoms with Crippen LogP contribution in [0.25, 0.3) is 0 Å². The molecule has 128 valence electrons. The van der Waals surface area contributed by atoms with E-state index < -0.39 is 0 Å². The van der Waals surface area contributed by atoms with Crippen LogP contribution in [0.2, 0.25) is 0 Å². The lowest BCUT2D eigenvalue weighted by Crippen LogP contribution is -2.50. The van der Waals surface area contributed by atoms with Gasteiger partial charge >= 0.3 is 0 Å². The number of imidazole rings is 1. The van der Waals surface area contributed by atoms with Crippen LogP contribution >= 0.6 is 0 Å². The van der Waals surface area contributed by atoms with Crippen LogP contribution in [0.3, 0.4) is 0 Å². The fourth-order valence-electron chi connectivity index (χ4n) is 3.67. The summed E-state index contributed by atoms with van der Waals surface area (Å²) in [5.41, 5.74) is 0. The average Bonchev–Trinajstić information content (AvgIpc) is 3.23. The maximum Gasteiger partial charge on any atom is 0.222 e. The van der Waals surface area contributed by atoms with Gasteiger partial charge in [-0.1, -0.05) is 6.92 Å². The van der Waals surface area contributed by atoms with Gasteiger partial charge in [-0.3, -0.25) is 9.69 Å². The van der Waals surface area contributed by atoms with Crippen molar-refractivity contribution >= 4 is 5.91 Å². The van der Waals surface area contributed by atoms with Crippen molar-refractivity contribution in [3.8, 4) is 0 Å². The lowest BCUT2D eigenvalue weighted by atomic mass is 10.0. The number of piperazine rings is 1. The van der Waals surface area contributed by atoms with Crippen molar-refractivity contribution in [3.05, 3.63) is 18.2 Å². The quantitative estimate of drug-likeness (QED) is 0.824.